The zero-order valence-electron chi connectivity index (χ0n) is 14.7. The lowest BCUT2D eigenvalue weighted by Crippen LogP contribution is -2.48. The van der Waals surface area contributed by atoms with Crippen molar-refractivity contribution in [3.05, 3.63) is 59.7 Å². The van der Waals surface area contributed by atoms with Crippen LogP contribution in [0.15, 0.2) is 42.7 Å². The van der Waals surface area contributed by atoms with Crippen molar-refractivity contribution in [2.75, 3.05) is 37.6 Å². The summed E-state index contributed by atoms with van der Waals surface area (Å²) < 4.78 is 14.6. The summed E-state index contributed by atoms with van der Waals surface area (Å²) in [5, 5.41) is 3.32. The second-order valence-corrected chi connectivity index (χ2v) is 6.87. The Hall–Kier alpha value is -2.47. The molecule has 2 fully saturated rings. The van der Waals surface area contributed by atoms with Gasteiger partial charge in [-0.25, -0.2) is 4.39 Å². The molecule has 0 aliphatic carbocycles. The molecule has 5 nitrogen and oxygen atoms in total. The Balaban J connectivity index is 1.58. The molecule has 0 bridgehead atoms. The zero-order valence-corrected chi connectivity index (χ0v) is 14.7. The molecule has 1 unspecified atom stereocenters. The van der Waals surface area contributed by atoms with E-state index in [1.807, 2.05) is 21.9 Å². The highest BCUT2D eigenvalue weighted by molar-refractivity contribution is 5.95. The Kier molecular flexibility index (Phi) is 4.84. The molecule has 1 amide bonds. The maximum absolute atomic E-state index is 14.6. The number of carbonyl (C=O) groups excluding carboxylic acids is 1. The van der Waals surface area contributed by atoms with E-state index >= 15 is 0 Å². The van der Waals surface area contributed by atoms with Crippen LogP contribution in [0.3, 0.4) is 0 Å². The van der Waals surface area contributed by atoms with Crippen LogP contribution in [-0.4, -0.2) is 48.5 Å². The van der Waals surface area contributed by atoms with Crippen LogP contribution >= 0.6 is 0 Å². The number of nitrogens with one attached hydrogen (secondary N) is 1. The van der Waals surface area contributed by atoms with Crippen LogP contribution < -0.4 is 10.2 Å². The minimum atomic E-state index is -0.314. The Morgan fingerprint density at radius 1 is 1.19 bits per heavy atom. The van der Waals surface area contributed by atoms with E-state index in [2.05, 4.69) is 10.3 Å². The summed E-state index contributed by atoms with van der Waals surface area (Å²) in [6, 6.07) is 8.64. The molecule has 2 aliphatic rings. The third-order valence-corrected chi connectivity index (χ3v) is 5.21. The van der Waals surface area contributed by atoms with Gasteiger partial charge in [0.2, 0.25) is 0 Å². The van der Waals surface area contributed by atoms with Gasteiger partial charge in [0.15, 0.2) is 0 Å². The van der Waals surface area contributed by atoms with Gasteiger partial charge in [0.05, 0.1) is 11.7 Å². The molecule has 2 aliphatic heterocycles. The quantitative estimate of drug-likeness (QED) is 0.921. The molecule has 1 aromatic heterocycles. The number of hydrogen-bond acceptors (Lipinski definition) is 4. The molecule has 3 heterocycles. The summed E-state index contributed by atoms with van der Waals surface area (Å²) in [5.41, 5.74) is 1.99. The average molecular weight is 354 g/mol. The second kappa shape index (κ2) is 7.41. The smallest absolute Gasteiger partial charge is 0.254 e. The van der Waals surface area contributed by atoms with Crippen LogP contribution in [0.4, 0.5) is 10.1 Å². The van der Waals surface area contributed by atoms with Gasteiger partial charge in [-0.1, -0.05) is 6.07 Å². The monoisotopic (exact) mass is 354 g/mol. The van der Waals surface area contributed by atoms with E-state index in [-0.39, 0.29) is 17.8 Å². The van der Waals surface area contributed by atoms with E-state index in [4.69, 9.17) is 0 Å². The predicted molar refractivity (Wildman–Crippen MR) is 98.7 cm³/mol. The van der Waals surface area contributed by atoms with Crippen molar-refractivity contribution in [1.29, 1.82) is 0 Å². The maximum atomic E-state index is 14.6. The minimum absolute atomic E-state index is 0.0914. The molecule has 26 heavy (non-hydrogen) atoms. The minimum Gasteiger partial charge on any atom is -0.369 e. The van der Waals surface area contributed by atoms with E-state index in [9.17, 15) is 9.18 Å². The van der Waals surface area contributed by atoms with Gasteiger partial charge in [0, 0.05) is 50.7 Å². The summed E-state index contributed by atoms with van der Waals surface area (Å²) in [6.07, 6.45) is 5.69. The topological polar surface area (TPSA) is 48.5 Å². The predicted octanol–water partition coefficient (Wildman–Crippen LogP) is 2.61. The number of amides is 1. The first-order valence-electron chi connectivity index (χ1n) is 9.20. The number of anilines is 1. The summed E-state index contributed by atoms with van der Waals surface area (Å²) >= 11 is 0. The molecule has 4 rings (SSSR count). The molecule has 2 aromatic rings. The van der Waals surface area contributed by atoms with Crippen LogP contribution in [0.2, 0.25) is 0 Å². The molecular formula is C20H23FN4O. The van der Waals surface area contributed by atoms with Crippen LogP contribution in [0.1, 0.15) is 34.8 Å². The van der Waals surface area contributed by atoms with Gasteiger partial charge in [0.25, 0.3) is 5.91 Å². The lowest BCUT2D eigenvalue weighted by Gasteiger charge is -2.36. The Morgan fingerprint density at radius 2 is 2.04 bits per heavy atom. The van der Waals surface area contributed by atoms with E-state index in [0.29, 0.717) is 24.3 Å². The third kappa shape index (κ3) is 3.29. The SMILES string of the molecule is O=C(c1ccc(N2CCCC2)c(F)c1)N1CCNCC1c1cccnc1. The highest BCUT2D eigenvalue weighted by Gasteiger charge is 2.29. The van der Waals surface area contributed by atoms with Gasteiger partial charge in [-0.2, -0.15) is 0 Å². The number of nitrogens with zero attached hydrogens (tertiary/aromatic N) is 3. The van der Waals surface area contributed by atoms with Crippen LogP contribution in [0, 0.1) is 5.82 Å². The summed E-state index contributed by atoms with van der Waals surface area (Å²) in [4.78, 5) is 21.1. The number of aromatic nitrogens is 1. The maximum Gasteiger partial charge on any atom is 0.254 e. The Labute approximate surface area is 152 Å². The fourth-order valence-electron chi connectivity index (χ4n) is 3.84. The van der Waals surface area contributed by atoms with Crippen molar-refractivity contribution in [1.82, 2.24) is 15.2 Å². The lowest BCUT2D eigenvalue weighted by molar-refractivity contribution is 0.0633. The first-order chi connectivity index (χ1) is 12.7. The fourth-order valence-corrected chi connectivity index (χ4v) is 3.84. The van der Waals surface area contributed by atoms with Gasteiger partial charge >= 0.3 is 0 Å². The molecule has 136 valence electrons. The molecule has 1 aromatic carbocycles. The summed E-state index contributed by atoms with van der Waals surface area (Å²) in [5.74, 6) is -0.446. The molecular weight excluding hydrogens is 331 g/mol. The van der Waals surface area contributed by atoms with E-state index in [1.54, 1.807) is 24.5 Å². The molecule has 2 saturated heterocycles. The number of hydrogen-bond donors (Lipinski definition) is 1. The van der Waals surface area contributed by atoms with Crippen molar-refractivity contribution in [2.24, 2.45) is 0 Å². The highest BCUT2D eigenvalue weighted by Crippen LogP contribution is 2.27. The van der Waals surface area contributed by atoms with Crippen molar-refractivity contribution >= 4 is 11.6 Å². The van der Waals surface area contributed by atoms with Crippen molar-refractivity contribution in [2.45, 2.75) is 18.9 Å². The number of pyridine rings is 1. The zero-order chi connectivity index (χ0) is 17.9. The van der Waals surface area contributed by atoms with E-state index in [1.165, 1.54) is 6.07 Å². The summed E-state index contributed by atoms with van der Waals surface area (Å²) in [6.45, 7) is 3.76. The average Bonchev–Trinajstić information content (AvgIpc) is 3.22. The highest BCUT2D eigenvalue weighted by atomic mass is 19.1. The second-order valence-electron chi connectivity index (χ2n) is 6.87. The largest absolute Gasteiger partial charge is 0.369 e. The number of carbonyl (C=O) groups is 1. The molecule has 1 N–H and O–H groups in total. The van der Waals surface area contributed by atoms with Crippen LogP contribution in [0.25, 0.3) is 0 Å². The Morgan fingerprint density at radius 3 is 2.77 bits per heavy atom. The molecule has 6 heteroatoms. The van der Waals surface area contributed by atoms with Crippen molar-refractivity contribution in [3.8, 4) is 0 Å². The molecule has 1 atom stereocenters. The van der Waals surface area contributed by atoms with Crippen LogP contribution in [0.5, 0.6) is 0 Å². The normalized spacial score (nSPS) is 20.4. The van der Waals surface area contributed by atoms with Crippen LogP contribution in [-0.2, 0) is 0 Å². The first-order valence-corrected chi connectivity index (χ1v) is 9.20. The van der Waals surface area contributed by atoms with Crippen molar-refractivity contribution in [3.63, 3.8) is 0 Å². The van der Waals surface area contributed by atoms with E-state index in [0.717, 1.165) is 38.0 Å². The van der Waals surface area contributed by atoms with Gasteiger partial charge in [-0.05, 0) is 42.7 Å². The third-order valence-electron chi connectivity index (χ3n) is 5.21. The molecule has 0 radical (unpaired) electrons. The standard InChI is InChI=1S/C20H23FN4O/c21-17-12-15(5-6-18(17)24-9-1-2-10-24)20(26)25-11-8-23-14-19(25)16-4-3-7-22-13-16/h3-7,12-13,19,23H,1-2,8-11,14H2. The van der Waals surface area contributed by atoms with Gasteiger partial charge in [-0.15, -0.1) is 0 Å². The Bertz CT molecular complexity index is 777. The fraction of sp³-hybridized carbons (Fsp3) is 0.400. The lowest BCUT2D eigenvalue weighted by atomic mass is 10.0. The first kappa shape index (κ1) is 17.0. The van der Waals surface area contributed by atoms with Gasteiger partial charge in [0.1, 0.15) is 5.82 Å². The number of rotatable bonds is 3. The number of piperazine rings is 1. The van der Waals surface area contributed by atoms with E-state index < -0.39 is 0 Å². The molecule has 0 spiro atoms. The number of halogens is 1. The molecule has 0 saturated carbocycles. The number of benzene rings is 1. The summed E-state index contributed by atoms with van der Waals surface area (Å²) in [7, 11) is 0. The van der Waals surface area contributed by atoms with Crippen molar-refractivity contribution < 1.29 is 9.18 Å². The van der Waals surface area contributed by atoms with Gasteiger partial charge in [-0.3, -0.25) is 9.78 Å². The van der Waals surface area contributed by atoms with Gasteiger partial charge < -0.3 is 15.1 Å².